The van der Waals surface area contributed by atoms with Gasteiger partial charge in [-0.25, -0.2) is 9.37 Å². The predicted molar refractivity (Wildman–Crippen MR) is 105 cm³/mol. The molecule has 31 heavy (non-hydrogen) atoms. The lowest BCUT2D eigenvalue weighted by Gasteiger charge is -2.23. The van der Waals surface area contributed by atoms with Crippen LogP contribution in [-0.2, 0) is 11.8 Å². The van der Waals surface area contributed by atoms with E-state index in [1.165, 1.54) is 36.5 Å². The summed E-state index contributed by atoms with van der Waals surface area (Å²) < 4.78 is 67.4. The van der Waals surface area contributed by atoms with Crippen molar-refractivity contribution in [1.82, 2.24) is 15.3 Å². The zero-order chi connectivity index (χ0) is 22.8. The molecule has 0 radical (unpaired) electrons. The summed E-state index contributed by atoms with van der Waals surface area (Å²) in [4.78, 5) is 19.0. The predicted octanol–water partition coefficient (Wildman–Crippen LogP) is 5.57. The van der Waals surface area contributed by atoms with Crippen molar-refractivity contribution in [3.63, 3.8) is 0 Å². The summed E-state index contributed by atoms with van der Waals surface area (Å²) in [5, 5.41) is 2.19. The van der Waals surface area contributed by atoms with Gasteiger partial charge in [-0.1, -0.05) is 23.7 Å². The Morgan fingerprint density at radius 1 is 1.06 bits per heavy atom. The average molecular weight is 456 g/mol. The van der Waals surface area contributed by atoms with E-state index in [-0.39, 0.29) is 10.6 Å². The van der Waals surface area contributed by atoms with Crippen LogP contribution in [0.5, 0.6) is 0 Å². The van der Waals surface area contributed by atoms with Gasteiger partial charge < -0.3 is 5.32 Å². The Kier molecular flexibility index (Phi) is 6.26. The lowest BCUT2D eigenvalue weighted by molar-refractivity contribution is -0.141. The van der Waals surface area contributed by atoms with Crippen molar-refractivity contribution >= 4 is 17.5 Å². The van der Waals surface area contributed by atoms with Gasteiger partial charge in [0, 0.05) is 28.5 Å². The zero-order valence-electron chi connectivity index (χ0n) is 16.0. The smallest absolute Gasteiger partial charge is 0.348 e. The fraction of sp³-hybridized carbons (Fsp3) is 0.190. The number of halogens is 6. The van der Waals surface area contributed by atoms with E-state index in [1.54, 1.807) is 6.07 Å². The van der Waals surface area contributed by atoms with E-state index in [4.69, 9.17) is 11.6 Å². The van der Waals surface area contributed by atoms with Crippen LogP contribution in [0, 0.1) is 5.95 Å². The van der Waals surface area contributed by atoms with Crippen LogP contribution in [0.3, 0.4) is 0 Å². The number of aromatic nitrogens is 2. The number of hydrogen-bond donors (Lipinski definition) is 1. The molecule has 0 aliphatic heterocycles. The summed E-state index contributed by atoms with van der Waals surface area (Å²) in [6.45, 7) is 0.511. The molecule has 0 fully saturated rings. The molecule has 10 heteroatoms. The van der Waals surface area contributed by atoms with Crippen molar-refractivity contribution in [2.24, 2.45) is 0 Å². The van der Waals surface area contributed by atoms with Gasteiger partial charge in [0.25, 0.3) is 5.91 Å². The van der Waals surface area contributed by atoms with Crippen LogP contribution < -0.4 is 5.32 Å². The Morgan fingerprint density at radius 3 is 2.39 bits per heavy atom. The molecule has 1 amide bonds. The number of benzene rings is 1. The molecular formula is C21H15ClF5N3O. The van der Waals surface area contributed by atoms with Gasteiger partial charge in [-0.2, -0.15) is 17.6 Å². The van der Waals surface area contributed by atoms with Crippen molar-refractivity contribution in [1.29, 1.82) is 0 Å². The lowest BCUT2D eigenvalue weighted by Crippen LogP contribution is -2.37. The molecule has 2 heterocycles. The molecule has 4 nitrogen and oxygen atoms in total. The molecule has 1 N–H and O–H groups in total. The van der Waals surface area contributed by atoms with Crippen LogP contribution in [0.15, 0.2) is 54.9 Å². The normalized spacial score (nSPS) is 13.5. The molecule has 1 atom stereocenters. The summed E-state index contributed by atoms with van der Waals surface area (Å²) in [6, 6.07) is 9.16. The fourth-order valence-corrected chi connectivity index (χ4v) is 3.29. The minimum absolute atomic E-state index is 0.0236. The number of pyridine rings is 2. The van der Waals surface area contributed by atoms with Gasteiger partial charge >= 0.3 is 6.18 Å². The first-order valence-electron chi connectivity index (χ1n) is 8.90. The molecule has 1 aromatic carbocycles. The summed E-state index contributed by atoms with van der Waals surface area (Å²) in [5.41, 5.74) is -3.12. The van der Waals surface area contributed by atoms with Crippen LogP contribution in [0.4, 0.5) is 22.0 Å². The van der Waals surface area contributed by atoms with Crippen LogP contribution >= 0.6 is 11.6 Å². The van der Waals surface area contributed by atoms with E-state index in [0.717, 1.165) is 19.2 Å². The molecule has 0 aliphatic carbocycles. The topological polar surface area (TPSA) is 54.9 Å². The molecule has 3 aromatic rings. The van der Waals surface area contributed by atoms with E-state index in [0.29, 0.717) is 11.1 Å². The Labute approximate surface area is 179 Å². The molecule has 0 saturated carbocycles. The number of amides is 1. The Balaban J connectivity index is 1.78. The van der Waals surface area contributed by atoms with E-state index in [2.05, 4.69) is 15.3 Å². The second kappa shape index (κ2) is 8.58. The number of rotatable bonds is 5. The van der Waals surface area contributed by atoms with Crippen molar-refractivity contribution < 1.29 is 26.7 Å². The van der Waals surface area contributed by atoms with Gasteiger partial charge in [0.1, 0.15) is 0 Å². The number of carbonyl (C=O) groups excluding carboxylic acids is 1. The number of nitrogens with zero attached hydrogens (tertiary/aromatic N) is 2. The third-order valence-electron chi connectivity index (χ3n) is 4.49. The molecule has 0 saturated heterocycles. The monoisotopic (exact) mass is 455 g/mol. The largest absolute Gasteiger partial charge is 0.434 e. The first-order valence-corrected chi connectivity index (χ1v) is 9.28. The van der Waals surface area contributed by atoms with Gasteiger partial charge in [0.2, 0.25) is 5.95 Å². The SMILES string of the molecule is CC(F)(CNC(=O)c1cccnc1C(F)(F)F)c1ccc(-c2ccc(F)nc2)cc1Cl. The minimum Gasteiger partial charge on any atom is -0.348 e. The van der Waals surface area contributed by atoms with Crippen molar-refractivity contribution in [2.75, 3.05) is 6.54 Å². The molecule has 162 valence electrons. The van der Waals surface area contributed by atoms with Crippen molar-refractivity contribution in [3.05, 3.63) is 82.6 Å². The number of nitrogens with one attached hydrogen (secondary N) is 1. The molecule has 3 rings (SSSR count). The number of hydrogen-bond acceptors (Lipinski definition) is 3. The summed E-state index contributed by atoms with van der Waals surface area (Å²) in [7, 11) is 0. The molecule has 0 bridgehead atoms. The van der Waals surface area contributed by atoms with E-state index >= 15 is 4.39 Å². The highest BCUT2D eigenvalue weighted by molar-refractivity contribution is 6.31. The molecule has 1 unspecified atom stereocenters. The van der Waals surface area contributed by atoms with Crippen molar-refractivity contribution in [3.8, 4) is 11.1 Å². The highest BCUT2D eigenvalue weighted by Gasteiger charge is 2.37. The Hall–Kier alpha value is -3.07. The maximum absolute atomic E-state index is 15.3. The molecule has 0 aliphatic rings. The molecular weight excluding hydrogens is 441 g/mol. The quantitative estimate of drug-likeness (QED) is 0.404. The van der Waals surface area contributed by atoms with E-state index < -0.39 is 41.5 Å². The van der Waals surface area contributed by atoms with Gasteiger partial charge in [-0.3, -0.25) is 9.78 Å². The number of carbonyl (C=O) groups is 1. The first-order chi connectivity index (χ1) is 14.5. The standard InChI is InChI=1S/C21H15ClF5N3O/c1-20(24,11-30-19(31)14-3-2-8-28-18(14)21(25,26)27)15-6-4-12(9-16(15)22)13-5-7-17(23)29-10-13/h2-10H,11H2,1H3,(H,30,31). The third kappa shape index (κ3) is 5.16. The van der Waals surface area contributed by atoms with Crippen LogP contribution in [-0.4, -0.2) is 22.4 Å². The van der Waals surface area contributed by atoms with Crippen LogP contribution in [0.2, 0.25) is 5.02 Å². The first kappa shape index (κ1) is 22.6. The van der Waals surface area contributed by atoms with Gasteiger partial charge in [-0.15, -0.1) is 0 Å². The maximum Gasteiger partial charge on any atom is 0.434 e. The second-order valence-corrected chi connectivity index (χ2v) is 7.25. The van der Waals surface area contributed by atoms with Gasteiger partial charge in [0.05, 0.1) is 12.1 Å². The second-order valence-electron chi connectivity index (χ2n) is 6.84. The highest BCUT2D eigenvalue weighted by Crippen LogP contribution is 2.35. The van der Waals surface area contributed by atoms with E-state index in [9.17, 15) is 22.4 Å². The van der Waals surface area contributed by atoms with E-state index in [1.807, 2.05) is 0 Å². The molecule has 2 aromatic heterocycles. The number of alkyl halides is 4. The van der Waals surface area contributed by atoms with Crippen molar-refractivity contribution in [2.45, 2.75) is 18.8 Å². The summed E-state index contributed by atoms with van der Waals surface area (Å²) >= 11 is 6.21. The lowest BCUT2D eigenvalue weighted by atomic mass is 9.95. The summed E-state index contributed by atoms with van der Waals surface area (Å²) in [6.07, 6.45) is -2.63. The zero-order valence-corrected chi connectivity index (χ0v) is 16.7. The maximum atomic E-state index is 15.3. The van der Waals surface area contributed by atoms with Crippen LogP contribution in [0.1, 0.15) is 28.5 Å². The fourth-order valence-electron chi connectivity index (χ4n) is 2.92. The van der Waals surface area contributed by atoms with Gasteiger partial charge in [-0.05, 0) is 42.8 Å². The average Bonchev–Trinajstić information content (AvgIpc) is 2.71. The highest BCUT2D eigenvalue weighted by atomic mass is 35.5. The third-order valence-corrected chi connectivity index (χ3v) is 4.81. The Morgan fingerprint density at radius 2 is 1.77 bits per heavy atom. The summed E-state index contributed by atoms with van der Waals surface area (Å²) in [5.74, 6) is -1.77. The minimum atomic E-state index is -4.83. The van der Waals surface area contributed by atoms with Crippen LogP contribution in [0.25, 0.3) is 11.1 Å². The Bertz CT molecular complexity index is 1100. The van der Waals surface area contributed by atoms with Gasteiger partial charge in [0.15, 0.2) is 11.4 Å². The molecule has 0 spiro atoms.